The summed E-state index contributed by atoms with van der Waals surface area (Å²) in [4.78, 5) is 30.0. The van der Waals surface area contributed by atoms with E-state index in [4.69, 9.17) is 9.15 Å². The topological polar surface area (TPSA) is 80.5 Å². The molecule has 3 heterocycles. The highest BCUT2D eigenvalue weighted by molar-refractivity contribution is 5.91. The molecule has 0 unspecified atom stereocenters. The first-order chi connectivity index (χ1) is 15.2. The lowest BCUT2D eigenvalue weighted by Crippen LogP contribution is -2.40. The average Bonchev–Trinajstić information content (AvgIpc) is 3.42. The fourth-order valence-electron chi connectivity index (χ4n) is 4.16. The number of H-pyrrole nitrogens is 1. The maximum absolute atomic E-state index is 12.9. The third-order valence-electron chi connectivity index (χ3n) is 5.74. The molecule has 1 fully saturated rings. The van der Waals surface area contributed by atoms with E-state index in [-0.39, 0.29) is 24.2 Å². The first kappa shape index (κ1) is 19.2. The van der Waals surface area contributed by atoms with Gasteiger partial charge in [0.15, 0.2) is 5.76 Å². The van der Waals surface area contributed by atoms with Crippen molar-refractivity contribution < 1.29 is 13.9 Å². The Morgan fingerprint density at radius 1 is 1.00 bits per heavy atom. The minimum absolute atomic E-state index is 0.0686. The zero-order valence-corrected chi connectivity index (χ0v) is 17.0. The van der Waals surface area contributed by atoms with Crippen LogP contribution in [0.25, 0.3) is 11.0 Å². The number of aromatic nitrogens is 2. The lowest BCUT2D eigenvalue weighted by Gasteiger charge is -2.32. The molecule has 0 aliphatic carbocycles. The summed E-state index contributed by atoms with van der Waals surface area (Å²) in [5.74, 6) is 1.54. The summed E-state index contributed by atoms with van der Waals surface area (Å²) in [6.45, 7) is 1.42. The summed E-state index contributed by atoms with van der Waals surface area (Å²) in [7, 11) is 0. The first-order valence-electron chi connectivity index (χ1n) is 10.4. The lowest BCUT2D eigenvalue weighted by molar-refractivity contribution is 0.0659. The van der Waals surface area contributed by atoms with Crippen LogP contribution in [-0.4, -0.2) is 33.4 Å². The Morgan fingerprint density at radius 2 is 1.74 bits per heavy atom. The monoisotopic (exact) mass is 417 g/mol. The molecule has 0 saturated carbocycles. The van der Waals surface area contributed by atoms with Crippen molar-refractivity contribution >= 4 is 16.9 Å². The Balaban J connectivity index is 1.22. The van der Waals surface area contributed by atoms with Gasteiger partial charge in [0.1, 0.15) is 18.1 Å². The van der Waals surface area contributed by atoms with E-state index in [2.05, 4.69) is 4.98 Å². The van der Waals surface area contributed by atoms with Gasteiger partial charge in [-0.05, 0) is 49.2 Å². The van der Waals surface area contributed by atoms with Gasteiger partial charge in [-0.2, -0.15) is 0 Å². The zero-order chi connectivity index (χ0) is 21.2. The molecule has 1 amide bonds. The zero-order valence-electron chi connectivity index (χ0n) is 17.0. The number of carbonyl (C=O) groups is 1. The minimum Gasteiger partial charge on any atom is -0.486 e. The van der Waals surface area contributed by atoms with E-state index in [1.165, 1.54) is 0 Å². The molecule has 1 N–H and O–H groups in total. The van der Waals surface area contributed by atoms with Crippen molar-refractivity contribution in [3.8, 4) is 5.75 Å². The van der Waals surface area contributed by atoms with Gasteiger partial charge in [-0.15, -0.1) is 0 Å². The first-order valence-corrected chi connectivity index (χ1v) is 10.4. The lowest BCUT2D eigenvalue weighted by atomic mass is 10.0. The van der Waals surface area contributed by atoms with Gasteiger partial charge in [0.2, 0.25) is 0 Å². The fraction of sp³-hybridized carbons (Fsp3) is 0.250. The average molecular weight is 417 g/mol. The molecule has 2 aromatic carbocycles. The van der Waals surface area contributed by atoms with Crippen LogP contribution in [0.3, 0.4) is 0 Å². The highest BCUT2D eigenvalue weighted by Gasteiger charge is 2.28. The van der Waals surface area contributed by atoms with E-state index in [1.54, 1.807) is 17.0 Å². The molecule has 1 saturated heterocycles. The number of carbonyl (C=O) groups excluding carboxylic acids is 1. The summed E-state index contributed by atoms with van der Waals surface area (Å²) in [5.41, 5.74) is 1.65. The molecule has 0 atom stereocenters. The standard InChI is InChI=1S/C24H23N3O4/c28-23(22-11-10-19(31-22)16-30-18-6-2-1-3-7-18)26-14-12-17(13-15-26)27-21-9-5-4-8-20(21)25-24(27)29/h1-11,17H,12-16H2,(H,25,29). The molecule has 1 aliphatic rings. The maximum atomic E-state index is 12.9. The second-order valence-electron chi connectivity index (χ2n) is 7.71. The number of fused-ring (bicyclic) bond motifs is 1. The van der Waals surface area contributed by atoms with Crippen LogP contribution in [0.2, 0.25) is 0 Å². The smallest absolute Gasteiger partial charge is 0.326 e. The van der Waals surface area contributed by atoms with Crippen LogP contribution in [0.1, 0.15) is 35.2 Å². The molecule has 0 bridgehead atoms. The predicted molar refractivity (Wildman–Crippen MR) is 116 cm³/mol. The van der Waals surface area contributed by atoms with Crippen molar-refractivity contribution in [2.45, 2.75) is 25.5 Å². The molecule has 1 aliphatic heterocycles. The number of hydrogen-bond donors (Lipinski definition) is 1. The van der Waals surface area contributed by atoms with Crippen LogP contribution in [0.4, 0.5) is 0 Å². The number of likely N-dealkylation sites (tertiary alicyclic amines) is 1. The second-order valence-corrected chi connectivity index (χ2v) is 7.71. The van der Waals surface area contributed by atoms with E-state index < -0.39 is 0 Å². The molecule has 0 radical (unpaired) electrons. The number of rotatable bonds is 5. The number of piperidine rings is 1. The summed E-state index contributed by atoms with van der Waals surface area (Å²) >= 11 is 0. The van der Waals surface area contributed by atoms with Gasteiger partial charge in [-0.3, -0.25) is 9.36 Å². The van der Waals surface area contributed by atoms with Crippen LogP contribution >= 0.6 is 0 Å². The van der Waals surface area contributed by atoms with Crippen molar-refractivity contribution in [2.24, 2.45) is 0 Å². The summed E-state index contributed by atoms with van der Waals surface area (Å²) < 4.78 is 13.2. The fourth-order valence-corrected chi connectivity index (χ4v) is 4.16. The number of amides is 1. The largest absolute Gasteiger partial charge is 0.486 e. The SMILES string of the molecule is O=C(c1ccc(COc2ccccc2)o1)N1CCC(n2c(=O)[nH]c3ccccc32)CC1. The third kappa shape index (κ3) is 3.86. The molecule has 5 rings (SSSR count). The molecular formula is C24H23N3O4. The van der Waals surface area contributed by atoms with Crippen LogP contribution < -0.4 is 10.4 Å². The molecular weight excluding hydrogens is 394 g/mol. The molecule has 0 spiro atoms. The van der Waals surface area contributed by atoms with E-state index in [0.717, 1.165) is 29.6 Å². The van der Waals surface area contributed by atoms with Crippen molar-refractivity contribution in [2.75, 3.05) is 13.1 Å². The molecule has 7 nitrogen and oxygen atoms in total. The molecule has 2 aromatic heterocycles. The van der Waals surface area contributed by atoms with Crippen molar-refractivity contribution in [1.82, 2.24) is 14.5 Å². The number of nitrogens with one attached hydrogen (secondary N) is 1. The predicted octanol–water partition coefficient (Wildman–Crippen LogP) is 3.98. The Hall–Kier alpha value is -3.74. The van der Waals surface area contributed by atoms with Crippen LogP contribution in [0.15, 0.2) is 75.9 Å². The number of ether oxygens (including phenoxy) is 1. The number of furan rings is 1. The summed E-state index contributed by atoms with van der Waals surface area (Å²) in [6, 6.07) is 20.7. The Morgan fingerprint density at radius 3 is 2.55 bits per heavy atom. The van der Waals surface area contributed by atoms with E-state index in [1.807, 2.05) is 59.2 Å². The van der Waals surface area contributed by atoms with Gasteiger partial charge in [0.05, 0.1) is 11.0 Å². The van der Waals surface area contributed by atoms with Crippen LogP contribution in [0.5, 0.6) is 5.75 Å². The quantitative estimate of drug-likeness (QED) is 0.533. The highest BCUT2D eigenvalue weighted by atomic mass is 16.5. The summed E-state index contributed by atoms with van der Waals surface area (Å²) in [5, 5.41) is 0. The van der Waals surface area contributed by atoms with Gasteiger partial charge in [-0.25, -0.2) is 4.79 Å². The van der Waals surface area contributed by atoms with Gasteiger partial charge in [0.25, 0.3) is 5.91 Å². The van der Waals surface area contributed by atoms with Gasteiger partial charge in [-0.1, -0.05) is 30.3 Å². The van der Waals surface area contributed by atoms with Gasteiger partial charge < -0.3 is 19.0 Å². The minimum atomic E-state index is -0.129. The van der Waals surface area contributed by atoms with Crippen LogP contribution in [0, 0.1) is 0 Å². The third-order valence-corrected chi connectivity index (χ3v) is 5.74. The summed E-state index contributed by atoms with van der Waals surface area (Å²) in [6.07, 6.45) is 1.44. The van der Waals surface area contributed by atoms with E-state index in [9.17, 15) is 9.59 Å². The van der Waals surface area contributed by atoms with E-state index >= 15 is 0 Å². The Bertz CT molecular complexity index is 1250. The number of aromatic amines is 1. The van der Waals surface area contributed by atoms with E-state index in [0.29, 0.717) is 24.6 Å². The van der Waals surface area contributed by atoms with Crippen molar-refractivity contribution in [3.63, 3.8) is 0 Å². The number of para-hydroxylation sites is 3. The number of hydrogen-bond acceptors (Lipinski definition) is 4. The molecule has 158 valence electrons. The molecule has 4 aromatic rings. The number of benzene rings is 2. The maximum Gasteiger partial charge on any atom is 0.326 e. The second kappa shape index (κ2) is 8.18. The molecule has 7 heteroatoms. The number of nitrogens with zero attached hydrogens (tertiary/aromatic N) is 2. The highest BCUT2D eigenvalue weighted by Crippen LogP contribution is 2.26. The van der Waals surface area contributed by atoms with Gasteiger partial charge in [0, 0.05) is 19.1 Å². The van der Waals surface area contributed by atoms with Crippen LogP contribution in [-0.2, 0) is 6.61 Å². The molecule has 31 heavy (non-hydrogen) atoms. The number of imidazole rings is 1. The van der Waals surface area contributed by atoms with Gasteiger partial charge >= 0.3 is 5.69 Å². The van der Waals surface area contributed by atoms with Crippen molar-refractivity contribution in [1.29, 1.82) is 0 Å². The Kier molecular flexibility index (Phi) is 5.08. The Labute approximate surface area is 178 Å². The van der Waals surface area contributed by atoms with Crippen molar-refractivity contribution in [3.05, 3.63) is 88.7 Å². The normalized spacial score (nSPS) is 14.8.